The molecule has 1 aromatic carbocycles. The fourth-order valence-electron chi connectivity index (χ4n) is 2.18. The molecule has 0 aromatic heterocycles. The molecule has 1 saturated heterocycles. The van der Waals surface area contributed by atoms with Crippen molar-refractivity contribution < 1.29 is 22.0 Å². The number of terminal acetylenes is 1. The molecule has 0 atom stereocenters. The summed E-state index contributed by atoms with van der Waals surface area (Å²) >= 11 is 0. The number of hydrogen-bond donors (Lipinski definition) is 1. The van der Waals surface area contributed by atoms with Gasteiger partial charge < -0.3 is 10.2 Å². The Labute approximate surface area is 133 Å². The Kier molecular flexibility index (Phi) is 5.18. The Morgan fingerprint density at radius 2 is 1.91 bits per heavy atom. The Morgan fingerprint density at radius 3 is 2.52 bits per heavy atom. The third-order valence-electron chi connectivity index (χ3n) is 3.38. The molecule has 124 valence electrons. The molecule has 1 heterocycles. The van der Waals surface area contributed by atoms with Crippen molar-refractivity contribution in [2.45, 2.75) is 4.90 Å². The van der Waals surface area contributed by atoms with Crippen molar-refractivity contribution in [1.82, 2.24) is 14.5 Å². The summed E-state index contributed by atoms with van der Waals surface area (Å²) in [6, 6.07) is 1.88. The predicted molar refractivity (Wildman–Crippen MR) is 78.9 cm³/mol. The number of piperazine rings is 1. The van der Waals surface area contributed by atoms with Gasteiger partial charge in [0, 0.05) is 26.2 Å². The van der Waals surface area contributed by atoms with Gasteiger partial charge in [-0.05, 0) is 18.2 Å². The van der Waals surface area contributed by atoms with Crippen LogP contribution in [0.4, 0.5) is 13.6 Å². The number of sulfonamides is 1. The molecule has 0 spiro atoms. The van der Waals surface area contributed by atoms with Gasteiger partial charge >= 0.3 is 6.03 Å². The van der Waals surface area contributed by atoms with Crippen LogP contribution in [0.15, 0.2) is 23.1 Å². The van der Waals surface area contributed by atoms with Crippen molar-refractivity contribution in [1.29, 1.82) is 0 Å². The highest BCUT2D eigenvalue weighted by Gasteiger charge is 2.32. The average Bonchev–Trinajstić information content (AvgIpc) is 2.54. The van der Waals surface area contributed by atoms with Crippen LogP contribution >= 0.6 is 0 Å². The second kappa shape index (κ2) is 6.93. The topological polar surface area (TPSA) is 69.7 Å². The Morgan fingerprint density at radius 1 is 1.26 bits per heavy atom. The minimum Gasteiger partial charge on any atom is -0.327 e. The highest BCUT2D eigenvalue weighted by Crippen LogP contribution is 2.21. The van der Waals surface area contributed by atoms with E-state index in [4.69, 9.17) is 6.42 Å². The lowest BCUT2D eigenvalue weighted by atomic mass is 10.3. The van der Waals surface area contributed by atoms with Crippen molar-refractivity contribution in [3.63, 3.8) is 0 Å². The Hall–Kier alpha value is -2.18. The second-order valence-corrected chi connectivity index (χ2v) is 6.74. The summed E-state index contributed by atoms with van der Waals surface area (Å²) in [5, 5.41) is 2.48. The molecule has 0 unspecified atom stereocenters. The summed E-state index contributed by atoms with van der Waals surface area (Å²) in [6.07, 6.45) is 5.04. The largest absolute Gasteiger partial charge is 0.327 e. The maximum Gasteiger partial charge on any atom is 0.318 e. The Bertz CT molecular complexity index is 738. The lowest BCUT2D eigenvalue weighted by Crippen LogP contribution is -2.53. The van der Waals surface area contributed by atoms with Gasteiger partial charge in [-0.1, -0.05) is 5.92 Å². The van der Waals surface area contributed by atoms with Crippen molar-refractivity contribution >= 4 is 16.1 Å². The predicted octanol–water partition coefficient (Wildman–Crippen LogP) is 0.614. The smallest absolute Gasteiger partial charge is 0.318 e. The molecule has 2 rings (SSSR count). The van der Waals surface area contributed by atoms with E-state index in [0.717, 1.165) is 16.4 Å². The van der Waals surface area contributed by atoms with E-state index in [1.54, 1.807) is 0 Å². The minimum absolute atomic E-state index is 0.0121. The fourth-order valence-corrected chi connectivity index (χ4v) is 3.68. The summed E-state index contributed by atoms with van der Waals surface area (Å²) in [5.41, 5.74) is 0. The van der Waals surface area contributed by atoms with E-state index < -0.39 is 32.6 Å². The molecule has 0 aliphatic carbocycles. The normalized spacial score (nSPS) is 16.0. The van der Waals surface area contributed by atoms with E-state index in [1.807, 2.05) is 0 Å². The molecule has 0 saturated carbocycles. The first-order valence-corrected chi connectivity index (χ1v) is 8.21. The summed E-state index contributed by atoms with van der Waals surface area (Å²) < 4.78 is 52.7. The molecule has 1 fully saturated rings. The number of halogens is 2. The van der Waals surface area contributed by atoms with Crippen molar-refractivity contribution in [3.8, 4) is 12.3 Å². The van der Waals surface area contributed by atoms with Gasteiger partial charge in [0.2, 0.25) is 10.0 Å². The molecule has 1 aliphatic rings. The van der Waals surface area contributed by atoms with Crippen LogP contribution in [0.2, 0.25) is 0 Å². The van der Waals surface area contributed by atoms with E-state index >= 15 is 0 Å². The molecule has 6 nitrogen and oxygen atoms in total. The lowest BCUT2D eigenvalue weighted by Gasteiger charge is -2.33. The van der Waals surface area contributed by atoms with Gasteiger partial charge in [0.05, 0.1) is 6.54 Å². The minimum atomic E-state index is -4.15. The van der Waals surface area contributed by atoms with Gasteiger partial charge in [0.1, 0.15) is 16.5 Å². The lowest BCUT2D eigenvalue weighted by molar-refractivity contribution is 0.173. The SMILES string of the molecule is C#CCNC(=O)N1CCN(S(=O)(=O)c2cc(F)ccc2F)CC1. The van der Waals surface area contributed by atoms with Crippen molar-refractivity contribution in [3.05, 3.63) is 29.8 Å². The molecule has 0 radical (unpaired) electrons. The van der Waals surface area contributed by atoms with E-state index in [1.165, 1.54) is 4.90 Å². The van der Waals surface area contributed by atoms with Crippen LogP contribution in [0.5, 0.6) is 0 Å². The zero-order valence-electron chi connectivity index (χ0n) is 12.1. The zero-order chi connectivity index (χ0) is 17.0. The summed E-state index contributed by atoms with van der Waals surface area (Å²) in [6.45, 7) is 0.314. The molecular weight excluding hydrogens is 328 g/mol. The summed E-state index contributed by atoms with van der Waals surface area (Å²) in [5.74, 6) is 0.412. The van der Waals surface area contributed by atoms with Crippen molar-refractivity contribution in [2.75, 3.05) is 32.7 Å². The van der Waals surface area contributed by atoms with Crippen molar-refractivity contribution in [2.24, 2.45) is 0 Å². The van der Waals surface area contributed by atoms with Crippen LogP contribution in [0.25, 0.3) is 0 Å². The number of urea groups is 1. The molecule has 1 N–H and O–H groups in total. The quantitative estimate of drug-likeness (QED) is 0.818. The Balaban J connectivity index is 2.08. The molecular formula is C14H15F2N3O3S. The number of nitrogens with zero attached hydrogens (tertiary/aromatic N) is 2. The first-order chi connectivity index (χ1) is 10.9. The van der Waals surface area contributed by atoms with Crippen LogP contribution in [0, 0.1) is 24.0 Å². The maximum atomic E-state index is 13.7. The van der Waals surface area contributed by atoms with Gasteiger partial charge in [-0.3, -0.25) is 0 Å². The highest BCUT2D eigenvalue weighted by molar-refractivity contribution is 7.89. The van der Waals surface area contributed by atoms with Gasteiger partial charge in [0.15, 0.2) is 0 Å². The standard InChI is InChI=1S/C14H15F2N3O3S/c1-2-5-17-14(20)18-6-8-19(9-7-18)23(21,22)13-10-11(15)3-4-12(13)16/h1,3-4,10H,5-9H2,(H,17,20). The van der Waals surface area contributed by atoms with Gasteiger partial charge in [-0.15, -0.1) is 6.42 Å². The van der Waals surface area contributed by atoms with Gasteiger partial charge in [0.25, 0.3) is 0 Å². The first-order valence-electron chi connectivity index (χ1n) is 6.77. The molecule has 0 bridgehead atoms. The average molecular weight is 343 g/mol. The summed E-state index contributed by atoms with van der Waals surface area (Å²) in [4.78, 5) is 12.4. The number of rotatable bonds is 3. The fraction of sp³-hybridized carbons (Fsp3) is 0.357. The molecule has 1 aliphatic heterocycles. The van der Waals surface area contributed by atoms with E-state index in [9.17, 15) is 22.0 Å². The zero-order valence-corrected chi connectivity index (χ0v) is 12.9. The van der Waals surface area contributed by atoms with Crippen LogP contribution in [0.3, 0.4) is 0 Å². The van der Waals surface area contributed by atoms with E-state index in [2.05, 4.69) is 11.2 Å². The maximum absolute atomic E-state index is 13.7. The van der Waals surface area contributed by atoms with Crippen LogP contribution in [-0.4, -0.2) is 56.4 Å². The number of amides is 2. The van der Waals surface area contributed by atoms with Crippen LogP contribution in [-0.2, 0) is 10.0 Å². The number of benzene rings is 1. The number of nitrogens with one attached hydrogen (secondary N) is 1. The molecule has 2 amide bonds. The first kappa shape index (κ1) is 17.2. The molecule has 9 heteroatoms. The van der Waals surface area contributed by atoms with Crippen LogP contribution < -0.4 is 5.32 Å². The number of hydrogen-bond acceptors (Lipinski definition) is 3. The highest BCUT2D eigenvalue weighted by atomic mass is 32.2. The monoisotopic (exact) mass is 343 g/mol. The molecule has 1 aromatic rings. The number of carbonyl (C=O) groups excluding carboxylic acids is 1. The number of carbonyl (C=O) groups is 1. The van der Waals surface area contributed by atoms with Gasteiger partial charge in [-0.2, -0.15) is 4.31 Å². The van der Waals surface area contributed by atoms with E-state index in [0.29, 0.717) is 6.07 Å². The van der Waals surface area contributed by atoms with E-state index in [-0.39, 0.29) is 32.7 Å². The third kappa shape index (κ3) is 3.78. The third-order valence-corrected chi connectivity index (χ3v) is 5.29. The second-order valence-electron chi connectivity index (χ2n) is 4.83. The summed E-state index contributed by atoms with van der Waals surface area (Å²) in [7, 11) is -4.15. The van der Waals surface area contributed by atoms with Crippen LogP contribution in [0.1, 0.15) is 0 Å². The van der Waals surface area contributed by atoms with Gasteiger partial charge in [-0.25, -0.2) is 22.0 Å². The molecule has 23 heavy (non-hydrogen) atoms.